The summed E-state index contributed by atoms with van der Waals surface area (Å²) < 4.78 is 24.7. The summed E-state index contributed by atoms with van der Waals surface area (Å²) in [5.41, 5.74) is 0.202. The monoisotopic (exact) mass is 225 g/mol. The third kappa shape index (κ3) is 2.32. The third-order valence-corrected chi connectivity index (χ3v) is 3.92. The van der Waals surface area contributed by atoms with E-state index in [0.29, 0.717) is 6.54 Å². The van der Waals surface area contributed by atoms with Crippen molar-refractivity contribution in [1.82, 2.24) is 9.29 Å². The van der Waals surface area contributed by atoms with Crippen LogP contribution >= 0.6 is 0 Å². The second kappa shape index (κ2) is 4.38. The Labute approximate surface area is 89.0 Å². The van der Waals surface area contributed by atoms with Crippen molar-refractivity contribution in [2.24, 2.45) is 0 Å². The number of sulfonamides is 1. The summed E-state index contributed by atoms with van der Waals surface area (Å²) in [5, 5.41) is 8.51. The molecule has 6 heteroatoms. The first-order valence-electron chi connectivity index (χ1n) is 4.35. The zero-order chi connectivity index (χ0) is 11.5. The van der Waals surface area contributed by atoms with Crippen molar-refractivity contribution < 1.29 is 8.42 Å². The lowest BCUT2D eigenvalue weighted by molar-refractivity contribution is 0.486. The highest BCUT2D eigenvalue weighted by Gasteiger charge is 2.19. The van der Waals surface area contributed by atoms with E-state index in [1.807, 2.05) is 6.07 Å². The van der Waals surface area contributed by atoms with Gasteiger partial charge in [0.2, 0.25) is 10.0 Å². The van der Waals surface area contributed by atoms with Gasteiger partial charge in [-0.15, -0.1) is 0 Å². The van der Waals surface area contributed by atoms with Crippen LogP contribution in [0.15, 0.2) is 23.2 Å². The highest BCUT2D eigenvalue weighted by atomic mass is 32.2. The quantitative estimate of drug-likeness (QED) is 0.754. The molecule has 1 aromatic heterocycles. The fourth-order valence-electron chi connectivity index (χ4n) is 0.949. The van der Waals surface area contributed by atoms with E-state index in [1.165, 1.54) is 29.7 Å². The van der Waals surface area contributed by atoms with Gasteiger partial charge in [-0.1, -0.05) is 6.92 Å². The summed E-state index contributed by atoms with van der Waals surface area (Å²) >= 11 is 0. The molecule has 0 saturated heterocycles. The normalized spacial score (nSPS) is 11.3. The molecule has 0 spiro atoms. The highest BCUT2D eigenvalue weighted by Crippen LogP contribution is 2.12. The lowest BCUT2D eigenvalue weighted by Crippen LogP contribution is -2.26. The summed E-state index contributed by atoms with van der Waals surface area (Å²) in [6, 6.07) is 4.60. The molecule has 0 saturated carbocycles. The first-order valence-corrected chi connectivity index (χ1v) is 5.79. The minimum Gasteiger partial charge on any atom is -0.244 e. The van der Waals surface area contributed by atoms with Gasteiger partial charge in [-0.05, 0) is 12.1 Å². The van der Waals surface area contributed by atoms with Gasteiger partial charge in [0.25, 0.3) is 0 Å². The minimum atomic E-state index is -3.45. The van der Waals surface area contributed by atoms with Gasteiger partial charge in [0.05, 0.1) is 0 Å². The molecule has 0 atom stereocenters. The second-order valence-corrected chi connectivity index (χ2v) is 4.96. The zero-order valence-electron chi connectivity index (χ0n) is 8.51. The van der Waals surface area contributed by atoms with Gasteiger partial charge in [-0.3, -0.25) is 0 Å². The molecule has 80 valence electrons. The average molecular weight is 225 g/mol. The van der Waals surface area contributed by atoms with Crippen LogP contribution in [0.5, 0.6) is 0 Å². The second-order valence-electron chi connectivity index (χ2n) is 2.91. The van der Waals surface area contributed by atoms with Crippen LogP contribution in [0.25, 0.3) is 0 Å². The molecule has 0 aromatic carbocycles. The van der Waals surface area contributed by atoms with Crippen molar-refractivity contribution in [3.63, 3.8) is 0 Å². The Balaban J connectivity index is 3.13. The molecule has 0 radical (unpaired) electrons. The van der Waals surface area contributed by atoms with E-state index in [2.05, 4.69) is 4.98 Å². The molecule has 0 aliphatic heterocycles. The van der Waals surface area contributed by atoms with E-state index in [0.717, 1.165) is 0 Å². The van der Waals surface area contributed by atoms with E-state index in [9.17, 15) is 8.42 Å². The van der Waals surface area contributed by atoms with Gasteiger partial charge in [-0.2, -0.15) is 5.26 Å². The third-order valence-electron chi connectivity index (χ3n) is 2.00. The fraction of sp³-hybridized carbons (Fsp3) is 0.333. The molecular formula is C9H11N3O2S. The summed E-state index contributed by atoms with van der Waals surface area (Å²) in [6.07, 6.45) is 1.19. The molecule has 1 aromatic rings. The van der Waals surface area contributed by atoms with E-state index >= 15 is 0 Å². The number of pyridine rings is 1. The van der Waals surface area contributed by atoms with Crippen molar-refractivity contribution in [1.29, 1.82) is 5.26 Å². The Morgan fingerprint density at radius 2 is 2.20 bits per heavy atom. The molecule has 1 heterocycles. The fourth-order valence-corrected chi connectivity index (χ4v) is 2.07. The Hall–Kier alpha value is -1.45. The molecule has 0 aliphatic rings. The van der Waals surface area contributed by atoms with Gasteiger partial charge in [0.15, 0.2) is 0 Å². The topological polar surface area (TPSA) is 74.1 Å². The highest BCUT2D eigenvalue weighted by molar-refractivity contribution is 7.89. The molecule has 1 rings (SSSR count). The lowest BCUT2D eigenvalue weighted by Gasteiger charge is -2.14. The van der Waals surface area contributed by atoms with Crippen LogP contribution in [0, 0.1) is 11.3 Å². The van der Waals surface area contributed by atoms with Gasteiger partial charge in [0, 0.05) is 19.8 Å². The van der Waals surface area contributed by atoms with Gasteiger partial charge in [-0.25, -0.2) is 17.7 Å². The number of hydrogen-bond acceptors (Lipinski definition) is 4. The van der Waals surface area contributed by atoms with Crippen LogP contribution in [0.1, 0.15) is 12.6 Å². The summed E-state index contributed by atoms with van der Waals surface area (Å²) in [4.78, 5) is 3.82. The number of hydrogen-bond donors (Lipinski definition) is 0. The summed E-state index contributed by atoms with van der Waals surface area (Å²) in [6.45, 7) is 2.14. The maximum absolute atomic E-state index is 11.8. The van der Waals surface area contributed by atoms with Gasteiger partial charge in [0.1, 0.15) is 16.7 Å². The Morgan fingerprint density at radius 1 is 1.53 bits per heavy atom. The van der Waals surface area contributed by atoms with Crippen LogP contribution < -0.4 is 0 Å². The van der Waals surface area contributed by atoms with E-state index in [-0.39, 0.29) is 10.6 Å². The van der Waals surface area contributed by atoms with E-state index in [1.54, 1.807) is 6.92 Å². The predicted molar refractivity (Wildman–Crippen MR) is 54.4 cm³/mol. The number of nitriles is 1. The molecule has 0 fully saturated rings. The zero-order valence-corrected chi connectivity index (χ0v) is 9.32. The maximum Gasteiger partial charge on any atom is 0.244 e. The van der Waals surface area contributed by atoms with Crippen molar-refractivity contribution in [2.45, 2.75) is 11.8 Å². The van der Waals surface area contributed by atoms with Gasteiger partial charge < -0.3 is 0 Å². The average Bonchev–Trinajstić information content (AvgIpc) is 2.28. The van der Waals surface area contributed by atoms with Crippen LogP contribution in [0.4, 0.5) is 0 Å². The van der Waals surface area contributed by atoms with Crippen molar-refractivity contribution in [3.8, 4) is 6.07 Å². The Kier molecular flexibility index (Phi) is 3.39. The molecule has 15 heavy (non-hydrogen) atoms. The summed E-state index contributed by atoms with van der Waals surface area (Å²) in [5.74, 6) is 0. The smallest absolute Gasteiger partial charge is 0.244 e. The largest absolute Gasteiger partial charge is 0.244 e. The van der Waals surface area contributed by atoms with Crippen LogP contribution in [-0.4, -0.2) is 31.3 Å². The van der Waals surface area contributed by atoms with Crippen LogP contribution in [0.3, 0.4) is 0 Å². The SMILES string of the molecule is CCN(C)S(=O)(=O)c1ccc(C#N)nc1. The number of aromatic nitrogens is 1. The lowest BCUT2D eigenvalue weighted by atomic mass is 10.4. The Morgan fingerprint density at radius 3 is 2.60 bits per heavy atom. The maximum atomic E-state index is 11.8. The van der Waals surface area contributed by atoms with Crippen molar-refractivity contribution in [2.75, 3.05) is 13.6 Å². The molecule has 0 unspecified atom stereocenters. The Bertz CT molecular complexity index is 473. The minimum absolute atomic E-state index is 0.103. The van der Waals surface area contributed by atoms with E-state index in [4.69, 9.17) is 5.26 Å². The molecule has 5 nitrogen and oxygen atoms in total. The van der Waals surface area contributed by atoms with Crippen molar-refractivity contribution in [3.05, 3.63) is 24.0 Å². The molecule has 0 bridgehead atoms. The van der Waals surface area contributed by atoms with Crippen LogP contribution in [-0.2, 0) is 10.0 Å². The number of nitrogens with zero attached hydrogens (tertiary/aromatic N) is 3. The molecular weight excluding hydrogens is 214 g/mol. The van der Waals surface area contributed by atoms with E-state index < -0.39 is 10.0 Å². The number of rotatable bonds is 3. The molecule has 0 aliphatic carbocycles. The molecule has 0 N–H and O–H groups in total. The predicted octanol–water partition coefficient (Wildman–Crippen LogP) is 0.594. The molecule has 0 amide bonds. The van der Waals surface area contributed by atoms with Crippen molar-refractivity contribution >= 4 is 10.0 Å². The van der Waals surface area contributed by atoms with Crippen LogP contribution in [0.2, 0.25) is 0 Å². The first kappa shape index (κ1) is 11.6. The standard InChI is InChI=1S/C9H11N3O2S/c1-3-12(2)15(13,14)9-5-4-8(6-10)11-7-9/h4-5,7H,3H2,1-2H3. The van der Waals surface area contributed by atoms with Gasteiger partial charge >= 0.3 is 0 Å². The summed E-state index contributed by atoms with van der Waals surface area (Å²) in [7, 11) is -1.96. The first-order chi connectivity index (χ1) is 7.02.